The Morgan fingerprint density at radius 2 is 1.63 bits per heavy atom. The van der Waals surface area contributed by atoms with E-state index >= 15 is 0 Å². The second-order valence-electron chi connectivity index (χ2n) is 3.63. The molecule has 0 unspecified atom stereocenters. The van der Waals surface area contributed by atoms with Crippen LogP contribution in [0, 0.1) is 0 Å². The minimum Gasteiger partial charge on any atom is -0.387 e. The van der Waals surface area contributed by atoms with Crippen molar-refractivity contribution in [3.05, 3.63) is 0 Å². The largest absolute Gasteiger partial charge is 0.397 e. The molecule has 1 aliphatic rings. The van der Waals surface area contributed by atoms with Gasteiger partial charge in [0.2, 0.25) is 0 Å². The van der Waals surface area contributed by atoms with Gasteiger partial charge in [0, 0.05) is 0 Å². The molecule has 1 rings (SSSR count). The van der Waals surface area contributed by atoms with Crippen LogP contribution in [0.15, 0.2) is 0 Å². The van der Waals surface area contributed by atoms with Gasteiger partial charge in [0.25, 0.3) is 0 Å². The van der Waals surface area contributed by atoms with Crippen molar-refractivity contribution >= 4 is 20.8 Å². The van der Waals surface area contributed by atoms with Crippen LogP contribution in [0.3, 0.4) is 0 Å². The van der Waals surface area contributed by atoms with Gasteiger partial charge in [-0.3, -0.25) is 9.11 Å². The quantitative estimate of drug-likeness (QED) is 0.382. The Hall–Kier alpha value is -0.380. The Morgan fingerprint density at radius 1 is 1.05 bits per heavy atom. The maximum absolute atomic E-state index is 10.4. The molecule has 1 saturated heterocycles. The molecular weight excluding hydrogens is 312 g/mol. The molecule has 1 fully saturated rings. The van der Waals surface area contributed by atoms with Crippen molar-refractivity contribution in [1.82, 2.24) is 0 Å². The Bertz CT molecular complexity index is 493. The van der Waals surface area contributed by atoms with Crippen LogP contribution in [-0.4, -0.2) is 73.8 Å². The van der Waals surface area contributed by atoms with Crippen molar-refractivity contribution < 1.29 is 49.3 Å². The zero-order valence-corrected chi connectivity index (χ0v) is 10.8. The maximum atomic E-state index is 10.4. The van der Waals surface area contributed by atoms with Gasteiger partial charge in [-0.15, -0.1) is 0 Å². The van der Waals surface area contributed by atoms with E-state index in [1.165, 1.54) is 0 Å². The highest BCUT2D eigenvalue weighted by Gasteiger charge is 2.41. The second-order valence-corrected chi connectivity index (χ2v) is 5.77. The molecule has 0 aromatic rings. The summed E-state index contributed by atoms with van der Waals surface area (Å²) in [4.78, 5) is 0. The van der Waals surface area contributed by atoms with Crippen LogP contribution >= 0.6 is 0 Å². The number of aliphatic hydroxyl groups is 2. The van der Waals surface area contributed by atoms with Crippen LogP contribution in [0.25, 0.3) is 0 Å². The topological polar surface area (TPSA) is 177 Å². The van der Waals surface area contributed by atoms with Gasteiger partial charge in [0.1, 0.15) is 24.4 Å². The van der Waals surface area contributed by atoms with Crippen LogP contribution < -0.4 is 0 Å². The van der Waals surface area contributed by atoms with Crippen LogP contribution in [0.1, 0.15) is 0 Å². The molecule has 0 spiro atoms. The Morgan fingerprint density at radius 3 is 2.11 bits per heavy atom. The SMILES string of the molecule is O=S(=O)(O)OC[C@H]1OC[C@H](OS(=O)(=O)O)[C@@H](O)[C@H]1O. The standard InChI is InChI=1S/C6H12O11S2/c7-5-3(2-16-18(9,10)11)15-1-4(6(5)8)17-19(12,13)14/h3-8H,1-2H2,(H,9,10,11)(H,12,13,14)/t3-,4+,5+,6-/m1/s1. The summed E-state index contributed by atoms with van der Waals surface area (Å²) in [6, 6.07) is 0. The molecule has 4 N–H and O–H groups in total. The first kappa shape index (κ1) is 16.7. The lowest BCUT2D eigenvalue weighted by Crippen LogP contribution is -2.55. The third-order valence-corrected chi connectivity index (χ3v) is 3.14. The van der Waals surface area contributed by atoms with E-state index in [1.54, 1.807) is 0 Å². The summed E-state index contributed by atoms with van der Waals surface area (Å²) in [5.74, 6) is 0. The fourth-order valence-corrected chi connectivity index (χ4v) is 2.18. The fourth-order valence-electron chi connectivity index (χ4n) is 1.40. The van der Waals surface area contributed by atoms with Gasteiger partial charge in [-0.25, -0.2) is 8.37 Å². The number of ether oxygens (including phenoxy) is 1. The lowest BCUT2D eigenvalue weighted by Gasteiger charge is -2.35. The summed E-state index contributed by atoms with van der Waals surface area (Å²) >= 11 is 0. The van der Waals surface area contributed by atoms with Gasteiger partial charge in [-0.1, -0.05) is 0 Å². The molecule has 4 atom stereocenters. The molecule has 1 aliphatic heterocycles. The summed E-state index contributed by atoms with van der Waals surface area (Å²) < 4.78 is 71.0. The highest BCUT2D eigenvalue weighted by molar-refractivity contribution is 7.81. The van der Waals surface area contributed by atoms with E-state index in [9.17, 15) is 27.0 Å². The van der Waals surface area contributed by atoms with Crippen molar-refractivity contribution in [3.63, 3.8) is 0 Å². The van der Waals surface area contributed by atoms with E-state index in [-0.39, 0.29) is 0 Å². The molecule has 19 heavy (non-hydrogen) atoms. The first-order valence-corrected chi connectivity index (χ1v) is 7.48. The van der Waals surface area contributed by atoms with Crippen molar-refractivity contribution in [3.8, 4) is 0 Å². The van der Waals surface area contributed by atoms with Crippen LogP contribution in [0.2, 0.25) is 0 Å². The molecule has 0 saturated carbocycles. The molecule has 0 amide bonds. The predicted molar refractivity (Wildman–Crippen MR) is 55.7 cm³/mol. The summed E-state index contributed by atoms with van der Waals surface area (Å²) in [5, 5.41) is 19.0. The Kier molecular flexibility index (Phi) is 5.21. The lowest BCUT2D eigenvalue weighted by molar-refractivity contribution is -0.187. The van der Waals surface area contributed by atoms with Gasteiger partial charge in [0.15, 0.2) is 0 Å². The van der Waals surface area contributed by atoms with Crippen LogP contribution in [-0.2, 0) is 33.9 Å². The van der Waals surface area contributed by atoms with Gasteiger partial charge in [0.05, 0.1) is 13.2 Å². The van der Waals surface area contributed by atoms with E-state index in [0.29, 0.717) is 0 Å². The van der Waals surface area contributed by atoms with Crippen LogP contribution in [0.5, 0.6) is 0 Å². The monoisotopic (exact) mass is 324 g/mol. The Balaban J connectivity index is 2.62. The summed E-state index contributed by atoms with van der Waals surface area (Å²) in [5.41, 5.74) is 0. The highest BCUT2D eigenvalue weighted by Crippen LogP contribution is 2.19. The number of hydrogen-bond donors (Lipinski definition) is 4. The third kappa shape index (κ3) is 5.64. The lowest BCUT2D eigenvalue weighted by atomic mass is 10.0. The van der Waals surface area contributed by atoms with E-state index in [2.05, 4.69) is 8.37 Å². The number of hydrogen-bond acceptors (Lipinski definition) is 9. The molecule has 13 heteroatoms. The Labute approximate surface area is 108 Å². The third-order valence-electron chi connectivity index (χ3n) is 2.21. The molecule has 0 bridgehead atoms. The van der Waals surface area contributed by atoms with Crippen molar-refractivity contribution in [2.75, 3.05) is 13.2 Å². The van der Waals surface area contributed by atoms with Crippen molar-refractivity contribution in [1.29, 1.82) is 0 Å². The summed E-state index contributed by atoms with van der Waals surface area (Å²) in [6.45, 7) is -1.35. The average molecular weight is 324 g/mol. The van der Waals surface area contributed by atoms with Gasteiger partial charge >= 0.3 is 20.8 Å². The minimum atomic E-state index is -4.85. The normalized spacial score (nSPS) is 33.3. The first-order valence-electron chi connectivity index (χ1n) is 4.75. The molecule has 0 aromatic carbocycles. The fraction of sp³-hybridized carbons (Fsp3) is 1.00. The number of aliphatic hydroxyl groups excluding tert-OH is 2. The molecule has 0 aromatic heterocycles. The zero-order valence-electron chi connectivity index (χ0n) is 9.19. The summed E-state index contributed by atoms with van der Waals surface area (Å²) in [6.07, 6.45) is -6.42. The molecule has 1 heterocycles. The minimum absolute atomic E-state index is 0.558. The molecular formula is C6H12O11S2. The van der Waals surface area contributed by atoms with Gasteiger partial charge in [-0.2, -0.15) is 16.8 Å². The van der Waals surface area contributed by atoms with E-state index in [0.717, 1.165) is 0 Å². The van der Waals surface area contributed by atoms with E-state index in [1.807, 2.05) is 0 Å². The van der Waals surface area contributed by atoms with E-state index in [4.69, 9.17) is 13.8 Å². The van der Waals surface area contributed by atoms with Crippen molar-refractivity contribution in [2.24, 2.45) is 0 Å². The summed E-state index contributed by atoms with van der Waals surface area (Å²) in [7, 11) is -9.60. The molecule has 0 radical (unpaired) electrons. The smallest absolute Gasteiger partial charge is 0.387 e. The second kappa shape index (κ2) is 5.94. The molecule has 11 nitrogen and oxygen atoms in total. The van der Waals surface area contributed by atoms with Crippen LogP contribution in [0.4, 0.5) is 0 Å². The highest BCUT2D eigenvalue weighted by atomic mass is 32.3. The molecule has 0 aliphatic carbocycles. The predicted octanol–water partition coefficient (Wildman–Crippen LogP) is -2.89. The van der Waals surface area contributed by atoms with Gasteiger partial charge < -0.3 is 14.9 Å². The van der Waals surface area contributed by atoms with Gasteiger partial charge in [-0.05, 0) is 0 Å². The average Bonchev–Trinajstić information content (AvgIpc) is 2.21. The van der Waals surface area contributed by atoms with E-state index < -0.39 is 58.4 Å². The number of rotatable bonds is 5. The maximum Gasteiger partial charge on any atom is 0.397 e. The molecule has 114 valence electrons. The zero-order chi connectivity index (χ0) is 14.8. The first-order chi connectivity index (χ1) is 8.49. The van der Waals surface area contributed by atoms with Crippen molar-refractivity contribution in [2.45, 2.75) is 24.4 Å².